The largest absolute Gasteiger partial charge is 0.385 e. The molecule has 0 fully saturated rings. The molecule has 92 valence electrons. The Bertz CT molecular complexity index is 361. The number of rotatable bonds is 4. The molecule has 3 heteroatoms. The van der Waals surface area contributed by atoms with E-state index in [4.69, 9.17) is 9.47 Å². The zero-order valence-electron chi connectivity index (χ0n) is 9.95. The second kappa shape index (κ2) is 5.96. The topological polar surface area (TPSA) is 38.7 Å². The third-order valence-corrected chi connectivity index (χ3v) is 2.77. The Balaban J connectivity index is 2.02. The molecule has 0 aromatic heterocycles. The van der Waals surface area contributed by atoms with Crippen molar-refractivity contribution in [3.05, 3.63) is 48.0 Å². The lowest BCUT2D eigenvalue weighted by Crippen LogP contribution is -2.30. The predicted molar refractivity (Wildman–Crippen MR) is 65.4 cm³/mol. The second-order valence-electron chi connectivity index (χ2n) is 4.00. The summed E-state index contributed by atoms with van der Waals surface area (Å²) in [6.45, 7) is 2.55. The maximum atomic E-state index is 10.2. The molecule has 1 aromatic carbocycles. The van der Waals surface area contributed by atoms with Gasteiger partial charge in [-0.25, -0.2) is 0 Å². The van der Waals surface area contributed by atoms with Crippen LogP contribution in [-0.4, -0.2) is 24.1 Å². The fourth-order valence-corrected chi connectivity index (χ4v) is 1.91. The van der Waals surface area contributed by atoms with E-state index in [2.05, 4.69) is 0 Å². The lowest BCUT2D eigenvalue weighted by molar-refractivity contribution is -0.181. The molecular formula is C14H18O3. The third-order valence-electron chi connectivity index (χ3n) is 2.77. The summed E-state index contributed by atoms with van der Waals surface area (Å²) in [6.07, 6.45) is 3.42. The van der Waals surface area contributed by atoms with Gasteiger partial charge in [0.15, 0.2) is 6.29 Å². The molecule has 0 saturated carbocycles. The Hall–Kier alpha value is -1.16. The molecule has 0 amide bonds. The maximum absolute atomic E-state index is 10.2. The summed E-state index contributed by atoms with van der Waals surface area (Å²) in [6, 6.07) is 9.53. The average Bonchev–Trinajstić information content (AvgIpc) is 2.40. The van der Waals surface area contributed by atoms with E-state index in [1.165, 1.54) is 0 Å². The molecule has 1 aliphatic rings. The Morgan fingerprint density at radius 3 is 2.88 bits per heavy atom. The van der Waals surface area contributed by atoms with Gasteiger partial charge in [-0.05, 0) is 12.5 Å². The molecule has 0 bridgehead atoms. The Kier molecular flexibility index (Phi) is 4.31. The van der Waals surface area contributed by atoms with Gasteiger partial charge >= 0.3 is 0 Å². The van der Waals surface area contributed by atoms with Gasteiger partial charge in [-0.2, -0.15) is 0 Å². The van der Waals surface area contributed by atoms with Crippen LogP contribution in [0.25, 0.3) is 0 Å². The molecule has 2 rings (SSSR count). The van der Waals surface area contributed by atoms with Gasteiger partial charge in [0, 0.05) is 13.0 Å². The van der Waals surface area contributed by atoms with Crippen molar-refractivity contribution in [2.24, 2.45) is 0 Å². The van der Waals surface area contributed by atoms with Gasteiger partial charge in [0.25, 0.3) is 0 Å². The van der Waals surface area contributed by atoms with Crippen LogP contribution in [0.2, 0.25) is 0 Å². The highest BCUT2D eigenvalue weighted by Gasteiger charge is 2.25. The number of aliphatic hydroxyl groups excluding tert-OH is 1. The molecule has 17 heavy (non-hydrogen) atoms. The minimum Gasteiger partial charge on any atom is -0.385 e. The quantitative estimate of drug-likeness (QED) is 0.813. The Morgan fingerprint density at radius 2 is 2.18 bits per heavy atom. The molecule has 1 heterocycles. The second-order valence-corrected chi connectivity index (χ2v) is 4.00. The molecule has 1 aromatic rings. The van der Waals surface area contributed by atoms with Crippen molar-refractivity contribution < 1.29 is 14.6 Å². The molecule has 0 radical (unpaired) electrons. The van der Waals surface area contributed by atoms with E-state index < -0.39 is 6.10 Å². The Labute approximate surface area is 102 Å². The number of ether oxygens (including phenoxy) is 2. The van der Waals surface area contributed by atoms with Crippen LogP contribution >= 0.6 is 0 Å². The van der Waals surface area contributed by atoms with Gasteiger partial charge < -0.3 is 14.6 Å². The first kappa shape index (κ1) is 12.3. The van der Waals surface area contributed by atoms with Crippen molar-refractivity contribution in [1.82, 2.24) is 0 Å². The number of hydrogen-bond donors (Lipinski definition) is 1. The smallest absolute Gasteiger partial charge is 0.161 e. The number of hydrogen-bond acceptors (Lipinski definition) is 3. The summed E-state index contributed by atoms with van der Waals surface area (Å²) in [5.74, 6) is 0. The summed E-state index contributed by atoms with van der Waals surface area (Å²) in [5, 5.41) is 10.2. The van der Waals surface area contributed by atoms with Crippen molar-refractivity contribution in [2.45, 2.75) is 31.8 Å². The van der Waals surface area contributed by atoms with Crippen molar-refractivity contribution in [1.29, 1.82) is 0 Å². The molecule has 1 N–H and O–H groups in total. The summed E-state index contributed by atoms with van der Waals surface area (Å²) >= 11 is 0. The maximum Gasteiger partial charge on any atom is 0.161 e. The first-order valence-electron chi connectivity index (χ1n) is 5.98. The zero-order chi connectivity index (χ0) is 12.1. The monoisotopic (exact) mass is 234 g/mol. The number of aliphatic hydroxyl groups is 1. The van der Waals surface area contributed by atoms with Crippen molar-refractivity contribution >= 4 is 0 Å². The summed E-state index contributed by atoms with van der Waals surface area (Å²) < 4.78 is 11.1. The van der Waals surface area contributed by atoms with Crippen LogP contribution in [0, 0.1) is 0 Å². The number of benzene rings is 1. The highest BCUT2D eigenvalue weighted by molar-refractivity contribution is 5.20. The van der Waals surface area contributed by atoms with E-state index >= 15 is 0 Å². The van der Waals surface area contributed by atoms with Crippen molar-refractivity contribution in [3.63, 3.8) is 0 Å². The molecule has 3 atom stereocenters. The highest BCUT2D eigenvalue weighted by Crippen LogP contribution is 2.25. The highest BCUT2D eigenvalue weighted by atomic mass is 16.7. The average molecular weight is 234 g/mol. The van der Waals surface area contributed by atoms with Crippen LogP contribution in [0.3, 0.4) is 0 Å². The van der Waals surface area contributed by atoms with E-state index in [0.29, 0.717) is 6.61 Å². The van der Waals surface area contributed by atoms with Crippen LogP contribution in [0.5, 0.6) is 0 Å². The van der Waals surface area contributed by atoms with Crippen LogP contribution in [0.4, 0.5) is 0 Å². The van der Waals surface area contributed by atoms with Gasteiger partial charge in [0.05, 0.1) is 0 Å². The third kappa shape index (κ3) is 3.16. The van der Waals surface area contributed by atoms with E-state index in [0.717, 1.165) is 12.0 Å². The normalized spacial score (nSPS) is 25.8. The first-order valence-corrected chi connectivity index (χ1v) is 5.98. The Morgan fingerprint density at radius 1 is 1.41 bits per heavy atom. The van der Waals surface area contributed by atoms with Gasteiger partial charge in [0.2, 0.25) is 0 Å². The molecule has 0 unspecified atom stereocenters. The molecule has 0 saturated heterocycles. The summed E-state index contributed by atoms with van der Waals surface area (Å²) in [7, 11) is 0. The zero-order valence-corrected chi connectivity index (χ0v) is 9.95. The summed E-state index contributed by atoms with van der Waals surface area (Å²) in [4.78, 5) is 0. The van der Waals surface area contributed by atoms with Crippen LogP contribution in [-0.2, 0) is 9.47 Å². The minimum absolute atomic E-state index is 0.242. The van der Waals surface area contributed by atoms with Crippen molar-refractivity contribution in [3.8, 4) is 0 Å². The molecule has 0 spiro atoms. The van der Waals surface area contributed by atoms with Gasteiger partial charge in [0.1, 0.15) is 12.2 Å². The van der Waals surface area contributed by atoms with E-state index in [1.54, 1.807) is 0 Å². The van der Waals surface area contributed by atoms with Crippen LogP contribution in [0.15, 0.2) is 42.5 Å². The van der Waals surface area contributed by atoms with Gasteiger partial charge in [-0.3, -0.25) is 0 Å². The lowest BCUT2D eigenvalue weighted by atomic mass is 10.0. The fourth-order valence-electron chi connectivity index (χ4n) is 1.91. The van der Waals surface area contributed by atoms with Crippen LogP contribution < -0.4 is 0 Å². The van der Waals surface area contributed by atoms with E-state index in [-0.39, 0.29) is 12.4 Å². The predicted octanol–water partition coefficient (Wildman–Crippen LogP) is 2.43. The molecule has 3 nitrogen and oxygen atoms in total. The van der Waals surface area contributed by atoms with Gasteiger partial charge in [-0.1, -0.05) is 42.5 Å². The van der Waals surface area contributed by atoms with Crippen LogP contribution in [0.1, 0.15) is 25.0 Å². The van der Waals surface area contributed by atoms with Crippen molar-refractivity contribution in [2.75, 3.05) is 6.61 Å². The van der Waals surface area contributed by atoms with E-state index in [1.807, 2.05) is 49.4 Å². The fraction of sp³-hybridized carbons (Fsp3) is 0.429. The lowest BCUT2D eigenvalue weighted by Gasteiger charge is -2.29. The standard InChI is InChI=1S/C14H18O3/c1-2-16-13-10-6-9-12(17-13)14(15)11-7-4-3-5-8-11/h3-9,12-15H,2,10H2,1H3/t12-,13+,14-/m1/s1. The SMILES string of the molecule is CCO[C@@H]1CC=C[C@H]([C@H](O)c2ccccc2)O1. The molecule has 0 aliphatic carbocycles. The van der Waals surface area contributed by atoms with Gasteiger partial charge in [-0.15, -0.1) is 0 Å². The summed E-state index contributed by atoms with van der Waals surface area (Å²) in [5.41, 5.74) is 0.860. The molecule has 1 aliphatic heterocycles. The van der Waals surface area contributed by atoms with E-state index in [9.17, 15) is 5.11 Å². The first-order chi connectivity index (χ1) is 8.31. The molecular weight excluding hydrogens is 216 g/mol. The minimum atomic E-state index is -0.643.